The van der Waals surface area contributed by atoms with Crippen LogP contribution in [0, 0.1) is 0 Å². The molecule has 0 fully saturated rings. The van der Waals surface area contributed by atoms with Crippen LogP contribution in [-0.2, 0) is 20.8 Å². The van der Waals surface area contributed by atoms with E-state index in [9.17, 15) is 13.6 Å². The highest BCUT2D eigenvalue weighted by molar-refractivity contribution is 7.80. The van der Waals surface area contributed by atoms with Crippen LogP contribution in [0.15, 0.2) is 29.8 Å². The van der Waals surface area contributed by atoms with Crippen molar-refractivity contribution >= 4 is 46.6 Å². The molecule has 0 heterocycles. The zero-order valence-electron chi connectivity index (χ0n) is 12.3. The molecule has 2 rings (SSSR count). The van der Waals surface area contributed by atoms with Crippen LogP contribution in [0.4, 0.5) is 5.69 Å². The average molecular weight is 378 g/mol. The molecule has 0 aromatic heterocycles. The highest BCUT2D eigenvalue weighted by Crippen LogP contribution is 2.35. The molecule has 0 amide bonds. The molecule has 8 heteroatoms. The SMILES string of the molecule is O=COCCC1=CCCCC1N(c1ccc(Cl)cc1Cl)S(=O)O. The minimum absolute atomic E-state index is 0.242. The van der Waals surface area contributed by atoms with Gasteiger partial charge in [0.2, 0.25) is 0 Å². The van der Waals surface area contributed by atoms with Gasteiger partial charge in [-0.15, -0.1) is 0 Å². The van der Waals surface area contributed by atoms with Crippen LogP contribution in [-0.4, -0.2) is 27.9 Å². The maximum Gasteiger partial charge on any atom is 0.293 e. The van der Waals surface area contributed by atoms with Gasteiger partial charge in [0.25, 0.3) is 17.7 Å². The van der Waals surface area contributed by atoms with Crippen LogP contribution in [0.2, 0.25) is 10.0 Å². The minimum atomic E-state index is -2.24. The average Bonchev–Trinajstić information content (AvgIpc) is 2.51. The summed E-state index contributed by atoms with van der Waals surface area (Å²) >= 11 is 9.86. The Morgan fingerprint density at radius 1 is 1.43 bits per heavy atom. The molecule has 126 valence electrons. The summed E-state index contributed by atoms with van der Waals surface area (Å²) in [6.07, 6.45) is 5.07. The van der Waals surface area contributed by atoms with E-state index < -0.39 is 11.3 Å². The van der Waals surface area contributed by atoms with Crippen molar-refractivity contribution in [3.63, 3.8) is 0 Å². The number of hydrogen-bond acceptors (Lipinski definition) is 3. The van der Waals surface area contributed by atoms with Gasteiger partial charge in [0.1, 0.15) is 0 Å². The molecule has 1 aromatic carbocycles. The van der Waals surface area contributed by atoms with E-state index in [-0.39, 0.29) is 12.6 Å². The molecule has 0 saturated heterocycles. The molecular weight excluding hydrogens is 361 g/mol. The lowest BCUT2D eigenvalue weighted by Gasteiger charge is -2.34. The summed E-state index contributed by atoms with van der Waals surface area (Å²) in [4.78, 5) is 10.3. The maximum atomic E-state index is 11.9. The summed E-state index contributed by atoms with van der Waals surface area (Å²) in [5.74, 6) is 0. The molecule has 0 bridgehead atoms. The summed E-state index contributed by atoms with van der Waals surface area (Å²) in [6, 6.07) is 4.53. The van der Waals surface area contributed by atoms with E-state index in [1.54, 1.807) is 18.2 Å². The first-order valence-electron chi connectivity index (χ1n) is 7.14. The highest BCUT2D eigenvalue weighted by atomic mass is 35.5. The van der Waals surface area contributed by atoms with Gasteiger partial charge in [0.05, 0.1) is 23.4 Å². The zero-order chi connectivity index (χ0) is 16.8. The van der Waals surface area contributed by atoms with E-state index in [0.717, 1.165) is 24.8 Å². The third-order valence-electron chi connectivity index (χ3n) is 3.69. The van der Waals surface area contributed by atoms with E-state index in [1.807, 2.05) is 6.08 Å². The van der Waals surface area contributed by atoms with E-state index in [0.29, 0.717) is 28.6 Å². The molecule has 1 N–H and O–H groups in total. The topological polar surface area (TPSA) is 66.8 Å². The Hall–Kier alpha value is -1.08. The molecule has 0 spiro atoms. The van der Waals surface area contributed by atoms with Crippen molar-refractivity contribution < 1.29 is 18.3 Å². The molecule has 0 aliphatic heterocycles. The second-order valence-corrected chi connectivity index (χ2v) is 6.79. The number of rotatable bonds is 7. The van der Waals surface area contributed by atoms with Gasteiger partial charge in [0, 0.05) is 11.4 Å². The molecule has 2 unspecified atom stereocenters. The fourth-order valence-electron chi connectivity index (χ4n) is 2.70. The molecule has 1 aromatic rings. The van der Waals surface area contributed by atoms with Crippen molar-refractivity contribution in [2.75, 3.05) is 10.9 Å². The quantitative estimate of drug-likeness (QED) is 0.337. The van der Waals surface area contributed by atoms with Gasteiger partial charge in [0.15, 0.2) is 0 Å². The number of benzene rings is 1. The van der Waals surface area contributed by atoms with Crippen LogP contribution in [0.5, 0.6) is 0 Å². The van der Waals surface area contributed by atoms with Crippen molar-refractivity contribution in [1.82, 2.24) is 0 Å². The van der Waals surface area contributed by atoms with Gasteiger partial charge in [-0.3, -0.25) is 13.7 Å². The predicted molar refractivity (Wildman–Crippen MR) is 92.1 cm³/mol. The molecule has 5 nitrogen and oxygen atoms in total. The van der Waals surface area contributed by atoms with E-state index >= 15 is 0 Å². The normalized spacial score (nSPS) is 18.9. The third-order valence-corrected chi connectivity index (χ3v) is 5.02. The van der Waals surface area contributed by atoms with Crippen LogP contribution in [0.3, 0.4) is 0 Å². The number of allylic oxidation sites excluding steroid dienone is 1. The third kappa shape index (κ3) is 4.70. The Morgan fingerprint density at radius 2 is 2.22 bits per heavy atom. The van der Waals surface area contributed by atoms with Crippen LogP contribution in [0.1, 0.15) is 25.7 Å². The number of anilines is 1. The smallest absolute Gasteiger partial charge is 0.293 e. The van der Waals surface area contributed by atoms with Gasteiger partial charge in [-0.1, -0.05) is 29.3 Å². The van der Waals surface area contributed by atoms with Crippen molar-refractivity contribution in [1.29, 1.82) is 0 Å². The Kier molecular flexibility index (Phi) is 6.89. The van der Waals surface area contributed by atoms with Crippen LogP contribution < -0.4 is 4.31 Å². The Labute approximate surface area is 147 Å². The number of ether oxygens (including phenoxy) is 1. The monoisotopic (exact) mass is 377 g/mol. The molecule has 1 aliphatic rings. The molecule has 0 saturated carbocycles. The Morgan fingerprint density at radius 3 is 2.87 bits per heavy atom. The number of hydrogen-bond donors (Lipinski definition) is 1. The summed E-state index contributed by atoms with van der Waals surface area (Å²) in [6.45, 7) is 0.641. The number of halogens is 2. The first-order valence-corrected chi connectivity index (χ1v) is 8.96. The van der Waals surface area contributed by atoms with E-state index in [1.165, 1.54) is 4.31 Å². The van der Waals surface area contributed by atoms with E-state index in [4.69, 9.17) is 27.9 Å². The number of carbonyl (C=O) groups is 1. The standard InChI is InChI=1S/C15H17Cl2NO4S/c16-12-5-6-15(13(17)9-12)18(23(20)21)14-4-2-1-3-11(14)7-8-22-10-19/h3,5-6,9-10,14H,1-2,4,7-8H2,(H,20,21). The van der Waals surface area contributed by atoms with Gasteiger partial charge < -0.3 is 4.74 Å². The summed E-state index contributed by atoms with van der Waals surface area (Å²) in [5, 5.41) is 0.773. The highest BCUT2D eigenvalue weighted by Gasteiger charge is 2.29. The minimum Gasteiger partial charge on any atom is -0.468 e. The first kappa shape index (κ1) is 18.3. The molecule has 2 atom stereocenters. The number of nitrogens with zero attached hydrogens (tertiary/aromatic N) is 1. The molecule has 1 aliphatic carbocycles. The number of carbonyl (C=O) groups excluding carboxylic acids is 1. The van der Waals surface area contributed by atoms with Crippen molar-refractivity contribution in [2.45, 2.75) is 31.7 Å². The second kappa shape index (κ2) is 8.68. The summed E-state index contributed by atoms with van der Waals surface area (Å²) < 4.78 is 27.9. The maximum absolute atomic E-state index is 11.9. The lowest BCUT2D eigenvalue weighted by Crippen LogP contribution is -2.39. The van der Waals surface area contributed by atoms with Gasteiger partial charge in [-0.25, -0.2) is 4.21 Å². The van der Waals surface area contributed by atoms with E-state index in [2.05, 4.69) is 0 Å². The Balaban J connectivity index is 2.31. The summed E-state index contributed by atoms with van der Waals surface area (Å²) in [7, 11) is 0. The lowest BCUT2D eigenvalue weighted by molar-refractivity contribution is -0.128. The fraction of sp³-hybridized carbons (Fsp3) is 0.400. The van der Waals surface area contributed by atoms with Crippen molar-refractivity contribution in [2.24, 2.45) is 0 Å². The zero-order valence-corrected chi connectivity index (χ0v) is 14.6. The molecule has 23 heavy (non-hydrogen) atoms. The Bertz CT molecular complexity index is 623. The van der Waals surface area contributed by atoms with Gasteiger partial charge >= 0.3 is 0 Å². The lowest BCUT2D eigenvalue weighted by atomic mass is 9.92. The van der Waals surface area contributed by atoms with Crippen molar-refractivity contribution in [3.05, 3.63) is 39.9 Å². The van der Waals surface area contributed by atoms with Crippen LogP contribution in [0.25, 0.3) is 0 Å². The molecular formula is C15H17Cl2NO4S. The van der Waals surface area contributed by atoms with Crippen molar-refractivity contribution in [3.8, 4) is 0 Å². The second-order valence-electron chi connectivity index (χ2n) is 5.10. The predicted octanol–water partition coefficient (Wildman–Crippen LogP) is 3.98. The van der Waals surface area contributed by atoms with Gasteiger partial charge in [-0.2, -0.15) is 0 Å². The molecule has 0 radical (unpaired) electrons. The van der Waals surface area contributed by atoms with Crippen LogP contribution >= 0.6 is 23.2 Å². The first-order chi connectivity index (χ1) is 11.0. The summed E-state index contributed by atoms with van der Waals surface area (Å²) in [5.41, 5.74) is 1.41. The largest absolute Gasteiger partial charge is 0.468 e. The van der Waals surface area contributed by atoms with Gasteiger partial charge in [-0.05, 0) is 43.0 Å². The fourth-order valence-corrected chi connectivity index (χ4v) is 4.04.